The van der Waals surface area contributed by atoms with Crippen LogP contribution in [0.5, 0.6) is 0 Å². The summed E-state index contributed by atoms with van der Waals surface area (Å²) in [6.45, 7) is 13.9. The van der Waals surface area contributed by atoms with Crippen molar-refractivity contribution in [3.05, 3.63) is 53.1 Å². The molecule has 0 atom stereocenters. The minimum absolute atomic E-state index is 0.236. The second kappa shape index (κ2) is 8.20. The van der Waals surface area contributed by atoms with Gasteiger partial charge in [-0.25, -0.2) is 0 Å². The number of fused-ring (bicyclic) bond motifs is 1. The third-order valence-electron chi connectivity index (χ3n) is 6.45. The molecule has 152 valence electrons. The summed E-state index contributed by atoms with van der Waals surface area (Å²) in [5, 5.41) is 7.13. The summed E-state index contributed by atoms with van der Waals surface area (Å²) in [7, 11) is -0.0741. The Balaban J connectivity index is 2.31. The largest absolute Gasteiger partial charge is 0.399 e. The van der Waals surface area contributed by atoms with Gasteiger partial charge in [0.2, 0.25) is 0 Å². The molecule has 0 fully saturated rings. The Bertz CT molecular complexity index is 1040. The Morgan fingerprint density at radius 1 is 1.03 bits per heavy atom. The van der Waals surface area contributed by atoms with Crippen LogP contribution in [0.1, 0.15) is 58.1 Å². The minimum Gasteiger partial charge on any atom is -0.399 e. The normalized spacial score (nSPS) is 16.7. The highest BCUT2D eigenvalue weighted by molar-refractivity contribution is 6.87. The molecule has 0 saturated heterocycles. The van der Waals surface area contributed by atoms with Crippen LogP contribution >= 0.6 is 0 Å². The molecule has 3 rings (SSSR count). The van der Waals surface area contributed by atoms with Crippen LogP contribution in [0.15, 0.2) is 47.1 Å². The molecule has 2 aromatic rings. The third kappa shape index (κ3) is 4.33. The van der Waals surface area contributed by atoms with Crippen LogP contribution in [0.25, 0.3) is 16.3 Å². The first-order chi connectivity index (χ1) is 13.7. The second-order valence-electron chi connectivity index (χ2n) is 9.56. The van der Waals surface area contributed by atoms with Gasteiger partial charge in [-0.2, -0.15) is 0 Å². The molecule has 1 aliphatic rings. The molecule has 0 aliphatic heterocycles. The molecule has 2 aromatic carbocycles. The van der Waals surface area contributed by atoms with Gasteiger partial charge >= 0.3 is 0 Å². The average Bonchev–Trinajstić information content (AvgIpc) is 2.66. The molecular formula is C26H33NOSi. The molecule has 0 radical (unpaired) electrons. The summed E-state index contributed by atoms with van der Waals surface area (Å²) in [5.74, 6) is 3.61. The highest BCUT2D eigenvalue weighted by Crippen LogP contribution is 2.38. The van der Waals surface area contributed by atoms with Crippen LogP contribution in [0.4, 0.5) is 0 Å². The lowest BCUT2D eigenvalue weighted by molar-refractivity contribution is 0.213. The Labute approximate surface area is 177 Å². The first kappa shape index (κ1) is 21.4. The number of hydrogen-bond acceptors (Lipinski definition) is 2. The monoisotopic (exact) mass is 403 g/mol. The first-order valence-corrected chi connectivity index (χ1v) is 13.5. The standard InChI is InChI=1S/C26H33NOSi/c1-19-11-10-14-23(27-28-5)24(19)25-21(17-18-29(6,7)26(2,3)4)16-15-20-12-8-9-13-22(20)25/h8-9,12-13,15-16H,10-11,14H2,1-7H3/b27-23+. The number of allylic oxidation sites excluding steroid dienone is 2. The lowest BCUT2D eigenvalue weighted by Crippen LogP contribution is -2.35. The van der Waals surface area contributed by atoms with Crippen LogP contribution in [-0.4, -0.2) is 20.9 Å². The van der Waals surface area contributed by atoms with Crippen molar-refractivity contribution in [2.45, 2.75) is 65.1 Å². The lowest BCUT2D eigenvalue weighted by atomic mass is 9.82. The van der Waals surface area contributed by atoms with Crippen LogP contribution in [0, 0.1) is 11.5 Å². The fourth-order valence-electron chi connectivity index (χ4n) is 3.63. The van der Waals surface area contributed by atoms with Crippen molar-refractivity contribution >= 4 is 30.1 Å². The van der Waals surface area contributed by atoms with Gasteiger partial charge in [-0.3, -0.25) is 0 Å². The molecular weight excluding hydrogens is 370 g/mol. The molecule has 0 unspecified atom stereocenters. The van der Waals surface area contributed by atoms with E-state index >= 15 is 0 Å². The highest BCUT2D eigenvalue weighted by atomic mass is 28.3. The zero-order chi connectivity index (χ0) is 21.2. The molecule has 0 saturated carbocycles. The summed E-state index contributed by atoms with van der Waals surface area (Å²) in [6.07, 6.45) is 3.16. The van der Waals surface area contributed by atoms with Gasteiger partial charge in [0.1, 0.15) is 15.2 Å². The topological polar surface area (TPSA) is 21.6 Å². The Kier molecular flexibility index (Phi) is 6.05. The molecule has 1 aliphatic carbocycles. The summed E-state index contributed by atoms with van der Waals surface area (Å²) < 4.78 is 0. The maximum absolute atomic E-state index is 5.22. The van der Waals surface area contributed by atoms with Crippen molar-refractivity contribution < 1.29 is 4.84 Å². The summed E-state index contributed by atoms with van der Waals surface area (Å²) in [6, 6.07) is 13.0. The molecule has 0 N–H and O–H groups in total. The number of rotatable bonds is 2. The van der Waals surface area contributed by atoms with E-state index in [1.54, 1.807) is 7.11 Å². The van der Waals surface area contributed by atoms with Crippen LogP contribution < -0.4 is 0 Å². The molecule has 0 amide bonds. The van der Waals surface area contributed by atoms with Crippen molar-refractivity contribution in [2.24, 2.45) is 5.16 Å². The van der Waals surface area contributed by atoms with Gasteiger partial charge in [-0.1, -0.05) is 80.8 Å². The predicted octanol–water partition coefficient (Wildman–Crippen LogP) is 7.20. The van der Waals surface area contributed by atoms with Crippen molar-refractivity contribution in [1.29, 1.82) is 0 Å². The summed E-state index contributed by atoms with van der Waals surface area (Å²) >= 11 is 0. The number of oxime groups is 1. The molecule has 0 heterocycles. The zero-order valence-electron chi connectivity index (χ0n) is 18.9. The number of hydrogen-bond donors (Lipinski definition) is 0. The van der Waals surface area contributed by atoms with E-state index in [2.05, 4.69) is 93.8 Å². The van der Waals surface area contributed by atoms with Gasteiger partial charge in [0, 0.05) is 16.7 Å². The van der Waals surface area contributed by atoms with Gasteiger partial charge in [-0.15, -0.1) is 5.54 Å². The number of nitrogens with zero attached hydrogens (tertiary/aromatic N) is 1. The predicted molar refractivity (Wildman–Crippen MR) is 129 cm³/mol. The van der Waals surface area contributed by atoms with E-state index in [1.165, 1.54) is 27.5 Å². The van der Waals surface area contributed by atoms with E-state index in [-0.39, 0.29) is 5.04 Å². The van der Waals surface area contributed by atoms with Crippen molar-refractivity contribution in [3.63, 3.8) is 0 Å². The Morgan fingerprint density at radius 3 is 2.45 bits per heavy atom. The van der Waals surface area contributed by atoms with E-state index in [0.717, 1.165) is 30.5 Å². The lowest BCUT2D eigenvalue weighted by Gasteiger charge is -2.31. The van der Waals surface area contributed by atoms with E-state index in [0.29, 0.717) is 0 Å². The maximum Gasteiger partial charge on any atom is 0.138 e. The molecule has 2 nitrogen and oxygen atoms in total. The Morgan fingerprint density at radius 2 is 1.76 bits per heavy atom. The van der Waals surface area contributed by atoms with E-state index in [1.807, 2.05) is 0 Å². The van der Waals surface area contributed by atoms with Gasteiger partial charge in [0.15, 0.2) is 0 Å². The van der Waals surface area contributed by atoms with Gasteiger partial charge < -0.3 is 4.84 Å². The van der Waals surface area contributed by atoms with Gasteiger partial charge in [-0.05, 0) is 48.1 Å². The zero-order valence-corrected chi connectivity index (χ0v) is 19.9. The minimum atomic E-state index is -1.71. The van der Waals surface area contributed by atoms with Crippen molar-refractivity contribution in [1.82, 2.24) is 0 Å². The van der Waals surface area contributed by atoms with Crippen LogP contribution in [0.2, 0.25) is 18.1 Å². The Hall–Kier alpha value is -2.31. The van der Waals surface area contributed by atoms with Crippen molar-refractivity contribution in [3.8, 4) is 11.5 Å². The molecule has 0 spiro atoms. The van der Waals surface area contributed by atoms with E-state index < -0.39 is 8.07 Å². The molecule has 29 heavy (non-hydrogen) atoms. The molecule has 3 heteroatoms. The fraction of sp³-hybridized carbons (Fsp3) is 0.423. The number of benzene rings is 2. The van der Waals surface area contributed by atoms with Crippen molar-refractivity contribution in [2.75, 3.05) is 7.11 Å². The second-order valence-corrected chi connectivity index (χ2v) is 14.6. The molecule has 0 aromatic heterocycles. The first-order valence-electron chi connectivity index (χ1n) is 10.5. The SMILES string of the molecule is CO/N=C1\CCCC(C)=C1c1c(C#C[Si](C)(C)C(C)(C)C)ccc2ccccc12. The quantitative estimate of drug-likeness (QED) is 0.295. The van der Waals surface area contributed by atoms with Crippen LogP contribution in [-0.2, 0) is 4.84 Å². The summed E-state index contributed by atoms with van der Waals surface area (Å²) in [4.78, 5) is 5.22. The third-order valence-corrected chi connectivity index (χ3v) is 10.9. The van der Waals surface area contributed by atoms with Gasteiger partial charge in [0.05, 0.1) is 5.71 Å². The van der Waals surface area contributed by atoms with Crippen LogP contribution in [0.3, 0.4) is 0 Å². The highest BCUT2D eigenvalue weighted by Gasteiger charge is 2.33. The smallest absolute Gasteiger partial charge is 0.138 e. The van der Waals surface area contributed by atoms with E-state index in [4.69, 9.17) is 4.84 Å². The molecule has 0 bridgehead atoms. The maximum atomic E-state index is 5.22. The summed E-state index contributed by atoms with van der Waals surface area (Å²) in [5.41, 5.74) is 9.70. The average molecular weight is 404 g/mol. The van der Waals surface area contributed by atoms with Gasteiger partial charge in [0.25, 0.3) is 0 Å². The van der Waals surface area contributed by atoms with E-state index in [9.17, 15) is 0 Å². The fourth-order valence-corrected chi connectivity index (χ4v) is 4.45.